The molecular weight excluding hydrogens is 380 g/mol. The summed E-state index contributed by atoms with van der Waals surface area (Å²) in [5.74, 6) is 2.78. The van der Waals surface area contributed by atoms with Crippen molar-refractivity contribution in [1.29, 1.82) is 0 Å². The first-order valence-electron chi connectivity index (χ1n) is 10.9. The van der Waals surface area contributed by atoms with Crippen molar-refractivity contribution in [1.82, 2.24) is 25.4 Å². The average Bonchev–Trinajstić information content (AvgIpc) is 3.34. The zero-order valence-corrected chi connectivity index (χ0v) is 18.3. The van der Waals surface area contributed by atoms with Gasteiger partial charge in [0.05, 0.1) is 12.6 Å². The summed E-state index contributed by atoms with van der Waals surface area (Å²) >= 11 is 2.01. The van der Waals surface area contributed by atoms with Crippen LogP contribution in [0.25, 0.3) is 0 Å². The Bertz CT molecular complexity index is 825. The minimum atomic E-state index is 0.170. The Morgan fingerprint density at radius 1 is 1.24 bits per heavy atom. The van der Waals surface area contributed by atoms with Crippen LogP contribution >= 0.6 is 11.8 Å². The summed E-state index contributed by atoms with van der Waals surface area (Å²) in [6, 6.07) is 10.9. The molecule has 1 saturated carbocycles. The van der Waals surface area contributed by atoms with Crippen molar-refractivity contribution < 1.29 is 0 Å². The Morgan fingerprint density at radius 3 is 2.79 bits per heavy atom. The van der Waals surface area contributed by atoms with Gasteiger partial charge in [-0.1, -0.05) is 31.0 Å². The molecule has 0 amide bonds. The van der Waals surface area contributed by atoms with Crippen molar-refractivity contribution in [3.63, 3.8) is 0 Å². The van der Waals surface area contributed by atoms with Gasteiger partial charge in [0.2, 0.25) is 0 Å². The Labute approximate surface area is 178 Å². The lowest BCUT2D eigenvalue weighted by atomic mass is 10.1. The van der Waals surface area contributed by atoms with Gasteiger partial charge in [0.15, 0.2) is 5.96 Å². The molecule has 0 radical (unpaired) electrons. The number of thioether (sulfide) groups is 1. The van der Waals surface area contributed by atoms with Crippen LogP contribution in [0.3, 0.4) is 0 Å². The fourth-order valence-electron chi connectivity index (χ4n) is 4.36. The summed E-state index contributed by atoms with van der Waals surface area (Å²) in [6.07, 6.45) is 7.22. The molecule has 0 bridgehead atoms. The molecule has 1 unspecified atom stereocenters. The first kappa shape index (κ1) is 20.3. The van der Waals surface area contributed by atoms with E-state index in [-0.39, 0.29) is 10.8 Å². The van der Waals surface area contributed by atoms with Crippen LogP contribution in [0, 0.1) is 6.92 Å². The number of guanidine groups is 1. The summed E-state index contributed by atoms with van der Waals surface area (Å²) in [7, 11) is 0. The maximum absolute atomic E-state index is 5.05. The predicted molar refractivity (Wildman–Crippen MR) is 119 cm³/mol. The lowest BCUT2D eigenvalue weighted by Gasteiger charge is -2.28. The highest BCUT2D eigenvalue weighted by Gasteiger charge is 2.35. The molecule has 1 aliphatic carbocycles. The monoisotopic (exact) mass is 412 g/mol. The molecular formula is C22H32N6S. The topological polar surface area (TPSA) is 67.1 Å². The van der Waals surface area contributed by atoms with E-state index in [0.717, 1.165) is 50.1 Å². The third-order valence-electron chi connectivity index (χ3n) is 5.75. The molecule has 2 aromatic rings. The van der Waals surface area contributed by atoms with Gasteiger partial charge < -0.3 is 10.6 Å². The molecule has 1 fully saturated rings. The van der Waals surface area contributed by atoms with Gasteiger partial charge >= 0.3 is 0 Å². The van der Waals surface area contributed by atoms with Gasteiger partial charge in [-0.2, -0.15) is 5.10 Å². The van der Waals surface area contributed by atoms with E-state index in [1.165, 1.54) is 30.6 Å². The molecule has 4 rings (SSSR count). The van der Waals surface area contributed by atoms with E-state index >= 15 is 0 Å². The van der Waals surface area contributed by atoms with E-state index in [9.17, 15) is 0 Å². The maximum Gasteiger partial charge on any atom is 0.191 e. The number of fused-ring (bicyclic) bond motifs is 1. The van der Waals surface area contributed by atoms with Crippen molar-refractivity contribution >= 4 is 17.7 Å². The second-order valence-corrected chi connectivity index (χ2v) is 9.62. The molecule has 0 saturated heterocycles. The van der Waals surface area contributed by atoms with Crippen LogP contribution in [0.5, 0.6) is 0 Å². The SMILES string of the molecule is CCNC(=NCC1(Sc2ccccc2)CCCC1)NC1CCCn2nc(C)nc21. The van der Waals surface area contributed by atoms with E-state index in [1.54, 1.807) is 0 Å². The van der Waals surface area contributed by atoms with Crippen LogP contribution in [-0.2, 0) is 6.54 Å². The smallest absolute Gasteiger partial charge is 0.191 e. The zero-order chi connectivity index (χ0) is 20.1. The quantitative estimate of drug-likeness (QED) is 0.553. The van der Waals surface area contributed by atoms with Crippen molar-refractivity contribution in [2.45, 2.75) is 74.6 Å². The van der Waals surface area contributed by atoms with Crippen LogP contribution in [0.2, 0.25) is 0 Å². The number of hydrogen-bond acceptors (Lipinski definition) is 4. The molecule has 7 heteroatoms. The Balaban J connectivity index is 1.49. The van der Waals surface area contributed by atoms with E-state index in [4.69, 9.17) is 4.99 Å². The molecule has 1 aromatic carbocycles. The number of rotatable bonds is 6. The van der Waals surface area contributed by atoms with E-state index in [2.05, 4.69) is 58.0 Å². The zero-order valence-electron chi connectivity index (χ0n) is 17.5. The third kappa shape index (κ3) is 4.94. The summed E-state index contributed by atoms with van der Waals surface area (Å²) in [4.78, 5) is 11.1. The van der Waals surface area contributed by atoms with Crippen LogP contribution in [0.4, 0.5) is 0 Å². The maximum atomic E-state index is 5.05. The van der Waals surface area contributed by atoms with Crippen LogP contribution < -0.4 is 10.6 Å². The minimum Gasteiger partial charge on any atom is -0.357 e. The molecule has 1 aromatic heterocycles. The molecule has 1 aliphatic heterocycles. The van der Waals surface area contributed by atoms with E-state index in [0.29, 0.717) is 0 Å². The lowest BCUT2D eigenvalue weighted by molar-refractivity contribution is 0.397. The highest BCUT2D eigenvalue weighted by molar-refractivity contribution is 8.00. The van der Waals surface area contributed by atoms with E-state index < -0.39 is 0 Å². The van der Waals surface area contributed by atoms with Gasteiger partial charge in [-0.25, -0.2) is 9.67 Å². The van der Waals surface area contributed by atoms with Crippen molar-refractivity contribution in [3.8, 4) is 0 Å². The third-order valence-corrected chi connectivity index (χ3v) is 7.23. The van der Waals surface area contributed by atoms with Gasteiger partial charge in [0.25, 0.3) is 0 Å². The summed E-state index contributed by atoms with van der Waals surface area (Å²) in [5.41, 5.74) is 0. The summed E-state index contributed by atoms with van der Waals surface area (Å²) < 4.78 is 2.25. The standard InChI is InChI=1S/C22H32N6S/c1-3-23-21(26-19-12-9-15-28-20(19)25-17(2)27-28)24-16-22(13-7-8-14-22)29-18-10-5-4-6-11-18/h4-6,10-11,19H,3,7-9,12-16H2,1-2H3,(H2,23,24,26). The van der Waals surface area contributed by atoms with Gasteiger partial charge in [0, 0.05) is 22.7 Å². The van der Waals surface area contributed by atoms with Gasteiger partial charge in [-0.05, 0) is 51.7 Å². The first-order valence-corrected chi connectivity index (χ1v) is 11.7. The number of aromatic nitrogens is 3. The molecule has 2 heterocycles. The van der Waals surface area contributed by atoms with Crippen LogP contribution in [0.1, 0.15) is 63.1 Å². The number of benzene rings is 1. The number of hydrogen-bond donors (Lipinski definition) is 2. The molecule has 156 valence electrons. The Hall–Kier alpha value is -2.02. The summed E-state index contributed by atoms with van der Waals surface area (Å²) in [6.45, 7) is 6.73. The van der Waals surface area contributed by atoms with E-state index in [1.807, 2.05) is 23.4 Å². The van der Waals surface area contributed by atoms with Gasteiger partial charge in [-0.3, -0.25) is 4.99 Å². The number of nitrogens with one attached hydrogen (secondary N) is 2. The largest absolute Gasteiger partial charge is 0.357 e. The fraction of sp³-hybridized carbons (Fsp3) is 0.591. The molecule has 0 spiro atoms. The average molecular weight is 413 g/mol. The van der Waals surface area contributed by atoms with Crippen molar-refractivity contribution in [3.05, 3.63) is 42.0 Å². The molecule has 6 nitrogen and oxygen atoms in total. The normalized spacial score (nSPS) is 21.0. The highest BCUT2D eigenvalue weighted by atomic mass is 32.2. The molecule has 2 N–H and O–H groups in total. The Morgan fingerprint density at radius 2 is 2.03 bits per heavy atom. The fourth-order valence-corrected chi connectivity index (χ4v) is 5.78. The molecule has 1 atom stereocenters. The van der Waals surface area contributed by atoms with Crippen molar-refractivity contribution in [2.24, 2.45) is 4.99 Å². The summed E-state index contributed by atoms with van der Waals surface area (Å²) in [5, 5.41) is 11.6. The second kappa shape index (κ2) is 9.20. The van der Waals surface area contributed by atoms with Gasteiger partial charge in [0.1, 0.15) is 11.6 Å². The molecule has 2 aliphatic rings. The minimum absolute atomic E-state index is 0.170. The number of aryl methyl sites for hydroxylation is 2. The first-order chi connectivity index (χ1) is 14.2. The van der Waals surface area contributed by atoms with Gasteiger partial charge in [-0.15, -0.1) is 11.8 Å². The number of nitrogens with zero attached hydrogens (tertiary/aromatic N) is 4. The lowest BCUT2D eigenvalue weighted by Crippen LogP contribution is -2.42. The molecule has 29 heavy (non-hydrogen) atoms. The second-order valence-electron chi connectivity index (χ2n) is 8.08. The predicted octanol–water partition coefficient (Wildman–Crippen LogP) is 4.08. The number of aliphatic imine (C=N–C) groups is 1. The highest BCUT2D eigenvalue weighted by Crippen LogP contribution is 2.45. The van der Waals surface area contributed by atoms with Crippen LogP contribution in [-0.4, -0.2) is 38.6 Å². The van der Waals surface area contributed by atoms with Crippen LogP contribution in [0.15, 0.2) is 40.2 Å². The van der Waals surface area contributed by atoms with Crippen molar-refractivity contribution in [2.75, 3.05) is 13.1 Å². The Kier molecular flexibility index (Phi) is 6.43.